The molecule has 2 heterocycles. The molecule has 2 aromatic heterocycles. The van der Waals surface area contributed by atoms with Gasteiger partial charge in [0, 0.05) is 20.0 Å². The van der Waals surface area contributed by atoms with Crippen molar-refractivity contribution in [2.45, 2.75) is 38.6 Å². The molecule has 0 aliphatic rings. The van der Waals surface area contributed by atoms with Gasteiger partial charge < -0.3 is 10.3 Å². The molecule has 7 heteroatoms. The highest BCUT2D eigenvalue weighted by Crippen LogP contribution is 2.20. The minimum absolute atomic E-state index is 0.260. The van der Waals surface area contributed by atoms with Gasteiger partial charge in [0.1, 0.15) is 11.3 Å². The van der Waals surface area contributed by atoms with Gasteiger partial charge in [-0.25, -0.2) is 4.98 Å². The zero-order valence-corrected chi connectivity index (χ0v) is 11.9. The molecule has 0 spiro atoms. The Morgan fingerprint density at radius 3 is 2.79 bits per heavy atom. The van der Waals surface area contributed by atoms with Gasteiger partial charge in [-0.3, -0.25) is 9.48 Å². The van der Waals surface area contributed by atoms with Crippen LogP contribution in [-0.2, 0) is 24.3 Å². The van der Waals surface area contributed by atoms with Crippen LogP contribution in [0.15, 0.2) is 0 Å². The van der Waals surface area contributed by atoms with Crippen molar-refractivity contribution < 1.29 is 4.79 Å². The molecule has 0 saturated heterocycles. The van der Waals surface area contributed by atoms with Crippen LogP contribution in [0.2, 0.25) is 0 Å². The van der Waals surface area contributed by atoms with Crippen molar-refractivity contribution in [2.24, 2.45) is 12.8 Å². The normalized spacial score (nSPS) is 11.3. The molecule has 0 aromatic carbocycles. The van der Waals surface area contributed by atoms with Crippen molar-refractivity contribution in [1.29, 1.82) is 0 Å². The number of amides is 1. The zero-order chi connectivity index (χ0) is 14.0. The van der Waals surface area contributed by atoms with E-state index >= 15 is 0 Å². The van der Waals surface area contributed by atoms with Gasteiger partial charge in [-0.2, -0.15) is 5.10 Å². The number of hydrogen-bond donors (Lipinski definition) is 1. The number of rotatable bonds is 6. The first-order valence-corrected chi connectivity index (χ1v) is 6.81. The van der Waals surface area contributed by atoms with E-state index in [1.54, 1.807) is 0 Å². The molecule has 0 aliphatic heterocycles. The van der Waals surface area contributed by atoms with Crippen LogP contribution in [0.4, 0.5) is 0 Å². The second-order valence-corrected chi connectivity index (χ2v) is 4.89. The van der Waals surface area contributed by atoms with E-state index in [4.69, 9.17) is 17.3 Å². The summed E-state index contributed by atoms with van der Waals surface area (Å²) in [5, 5.41) is 4.36. The summed E-state index contributed by atoms with van der Waals surface area (Å²) in [6.45, 7) is 2.70. The van der Waals surface area contributed by atoms with E-state index in [2.05, 4.69) is 14.6 Å². The highest BCUT2D eigenvalue weighted by atomic mass is 35.5. The maximum Gasteiger partial charge on any atom is 0.217 e. The molecule has 0 radical (unpaired) electrons. The van der Waals surface area contributed by atoms with Crippen molar-refractivity contribution in [3.05, 3.63) is 11.5 Å². The molecular weight excluding hydrogens is 266 g/mol. The first-order chi connectivity index (χ1) is 9.04. The molecule has 0 unspecified atom stereocenters. The molecule has 0 bridgehead atoms. The summed E-state index contributed by atoms with van der Waals surface area (Å²) in [6, 6.07) is 0. The Labute approximate surface area is 116 Å². The monoisotopic (exact) mass is 283 g/mol. The standard InChI is InChI=1S/C12H18ClN5O/c1-8-11-12(17(2)16-8)18(10(7-13)15-11)6-4-3-5-9(14)19/h3-7H2,1-2H3,(H2,14,19). The molecule has 6 nitrogen and oxygen atoms in total. The zero-order valence-electron chi connectivity index (χ0n) is 11.2. The van der Waals surface area contributed by atoms with Gasteiger partial charge in [-0.15, -0.1) is 11.6 Å². The minimum Gasteiger partial charge on any atom is -0.370 e. The largest absolute Gasteiger partial charge is 0.370 e. The third kappa shape index (κ3) is 2.73. The molecule has 2 rings (SSSR count). The fraction of sp³-hybridized carbons (Fsp3) is 0.583. The van der Waals surface area contributed by atoms with Crippen LogP contribution in [-0.4, -0.2) is 25.2 Å². The Morgan fingerprint density at radius 1 is 1.42 bits per heavy atom. The Kier molecular flexibility index (Phi) is 4.09. The number of imidazole rings is 1. The number of unbranched alkanes of at least 4 members (excludes halogenated alkanes) is 1. The number of hydrogen-bond acceptors (Lipinski definition) is 3. The highest BCUT2D eigenvalue weighted by Gasteiger charge is 2.16. The number of aromatic nitrogens is 4. The highest BCUT2D eigenvalue weighted by molar-refractivity contribution is 6.16. The fourth-order valence-corrected chi connectivity index (χ4v) is 2.49. The number of fused-ring (bicyclic) bond motifs is 1. The molecule has 0 aliphatic carbocycles. The van der Waals surface area contributed by atoms with Crippen molar-refractivity contribution >= 4 is 28.7 Å². The molecular formula is C12H18ClN5O. The number of carbonyl (C=O) groups excluding carboxylic acids is 1. The molecule has 2 aromatic rings. The molecule has 19 heavy (non-hydrogen) atoms. The van der Waals surface area contributed by atoms with Gasteiger partial charge in [0.05, 0.1) is 11.6 Å². The van der Waals surface area contributed by atoms with Crippen LogP contribution < -0.4 is 5.73 Å². The van der Waals surface area contributed by atoms with E-state index in [1.807, 2.05) is 18.7 Å². The maximum absolute atomic E-state index is 10.7. The first kappa shape index (κ1) is 13.9. The second-order valence-electron chi connectivity index (χ2n) is 4.62. The van der Waals surface area contributed by atoms with Crippen molar-refractivity contribution in [3.63, 3.8) is 0 Å². The Hall–Kier alpha value is -1.56. The maximum atomic E-state index is 10.7. The van der Waals surface area contributed by atoms with E-state index in [-0.39, 0.29) is 5.91 Å². The van der Waals surface area contributed by atoms with Gasteiger partial charge in [-0.05, 0) is 19.8 Å². The van der Waals surface area contributed by atoms with Gasteiger partial charge in [0.15, 0.2) is 5.65 Å². The third-order valence-corrected chi connectivity index (χ3v) is 3.38. The number of carbonyl (C=O) groups is 1. The average molecular weight is 284 g/mol. The lowest BCUT2D eigenvalue weighted by Crippen LogP contribution is -2.11. The lowest BCUT2D eigenvalue weighted by atomic mass is 10.2. The van der Waals surface area contributed by atoms with Gasteiger partial charge >= 0.3 is 0 Å². The number of nitrogens with zero attached hydrogens (tertiary/aromatic N) is 4. The van der Waals surface area contributed by atoms with E-state index < -0.39 is 0 Å². The number of halogens is 1. The molecule has 0 saturated carbocycles. The summed E-state index contributed by atoms with van der Waals surface area (Å²) in [4.78, 5) is 15.2. The van der Waals surface area contributed by atoms with E-state index in [0.29, 0.717) is 12.3 Å². The van der Waals surface area contributed by atoms with E-state index in [0.717, 1.165) is 42.1 Å². The number of nitrogens with two attached hydrogens (primary N) is 1. The van der Waals surface area contributed by atoms with Crippen LogP contribution in [0, 0.1) is 6.92 Å². The summed E-state index contributed by atoms with van der Waals surface area (Å²) >= 11 is 5.94. The smallest absolute Gasteiger partial charge is 0.217 e. The Balaban J connectivity index is 2.22. The molecule has 0 fully saturated rings. The fourth-order valence-electron chi connectivity index (χ4n) is 2.29. The second kappa shape index (κ2) is 5.61. The van der Waals surface area contributed by atoms with Crippen molar-refractivity contribution in [1.82, 2.24) is 19.3 Å². The predicted molar refractivity (Wildman–Crippen MR) is 73.8 cm³/mol. The number of alkyl halides is 1. The van der Waals surface area contributed by atoms with Crippen LogP contribution in [0.1, 0.15) is 30.8 Å². The SMILES string of the molecule is Cc1nn(C)c2c1nc(CCl)n2CCCCC(N)=O. The molecule has 0 atom stereocenters. The number of primary amides is 1. The lowest BCUT2D eigenvalue weighted by Gasteiger charge is -2.07. The van der Waals surface area contributed by atoms with E-state index in [9.17, 15) is 4.79 Å². The van der Waals surface area contributed by atoms with Crippen LogP contribution in [0.25, 0.3) is 11.2 Å². The average Bonchev–Trinajstić information content (AvgIpc) is 2.84. The Morgan fingerprint density at radius 2 is 2.16 bits per heavy atom. The summed E-state index contributed by atoms with van der Waals surface area (Å²) in [5.41, 5.74) is 7.91. The van der Waals surface area contributed by atoms with Gasteiger partial charge in [-0.1, -0.05) is 0 Å². The van der Waals surface area contributed by atoms with E-state index in [1.165, 1.54) is 0 Å². The van der Waals surface area contributed by atoms with Gasteiger partial charge in [0.2, 0.25) is 5.91 Å². The summed E-state index contributed by atoms with van der Waals surface area (Å²) in [6.07, 6.45) is 2.05. The summed E-state index contributed by atoms with van der Waals surface area (Å²) < 4.78 is 3.89. The lowest BCUT2D eigenvalue weighted by molar-refractivity contribution is -0.118. The van der Waals surface area contributed by atoms with Crippen molar-refractivity contribution in [2.75, 3.05) is 0 Å². The third-order valence-electron chi connectivity index (χ3n) is 3.14. The quantitative estimate of drug-likeness (QED) is 0.644. The van der Waals surface area contributed by atoms with Crippen LogP contribution >= 0.6 is 11.6 Å². The number of aryl methyl sites for hydroxylation is 3. The predicted octanol–water partition coefficient (Wildman–Crippen LogP) is 1.47. The first-order valence-electron chi connectivity index (χ1n) is 6.27. The molecule has 2 N–H and O–H groups in total. The summed E-state index contributed by atoms with van der Waals surface area (Å²) in [5.74, 6) is 0.945. The Bertz CT molecular complexity index is 601. The van der Waals surface area contributed by atoms with Crippen LogP contribution in [0.5, 0.6) is 0 Å². The minimum atomic E-state index is -0.260. The topological polar surface area (TPSA) is 78.7 Å². The molecule has 104 valence electrons. The molecule has 1 amide bonds. The summed E-state index contributed by atoms with van der Waals surface area (Å²) in [7, 11) is 1.90. The van der Waals surface area contributed by atoms with Crippen LogP contribution in [0.3, 0.4) is 0 Å². The van der Waals surface area contributed by atoms with Gasteiger partial charge in [0.25, 0.3) is 0 Å². The van der Waals surface area contributed by atoms with Crippen molar-refractivity contribution in [3.8, 4) is 0 Å².